The van der Waals surface area contributed by atoms with Crippen LogP contribution >= 0.6 is 0 Å². The van der Waals surface area contributed by atoms with Gasteiger partial charge in [-0.15, -0.1) is 0 Å². The van der Waals surface area contributed by atoms with E-state index in [-0.39, 0.29) is 0 Å². The summed E-state index contributed by atoms with van der Waals surface area (Å²) in [5, 5.41) is 3.19. The molecule has 3 heteroatoms. The summed E-state index contributed by atoms with van der Waals surface area (Å²) in [4.78, 5) is 0. The summed E-state index contributed by atoms with van der Waals surface area (Å²) in [6.07, 6.45) is 17.2. The van der Waals surface area contributed by atoms with Gasteiger partial charge in [0, 0.05) is 0 Å². The van der Waals surface area contributed by atoms with Crippen LogP contribution in [0.5, 0.6) is 0 Å². The molecular weight excluding hydrogens is 339 g/mol. The fourth-order valence-electron chi connectivity index (χ4n) is 2.95. The average Bonchev–Trinajstić information content (AvgIpc) is 2.48. The summed E-state index contributed by atoms with van der Waals surface area (Å²) in [6, 6.07) is 0. The Bertz CT molecular complexity index is 253. The van der Waals surface area contributed by atoms with E-state index in [1.807, 2.05) is 0 Å². The Morgan fingerprint density at radius 3 is 1.58 bits per heavy atom. The van der Waals surface area contributed by atoms with Crippen molar-refractivity contribution in [2.45, 2.75) is 72.6 Å². The van der Waals surface area contributed by atoms with Gasteiger partial charge in [0.15, 0.2) is 0 Å². The fraction of sp³-hybridized carbons (Fsp3) is 0.750. The molecule has 1 rings (SSSR count). The zero-order chi connectivity index (χ0) is 14.0. The maximum atomic E-state index is 3.19. The first-order valence-electron chi connectivity index (χ1n) is 8.17. The summed E-state index contributed by atoms with van der Waals surface area (Å²) >= 11 is -2.20. The molecule has 2 nitrogen and oxygen atoms in total. The molecule has 0 bridgehead atoms. The van der Waals surface area contributed by atoms with Crippen LogP contribution in [0.1, 0.15) is 59.3 Å². The third-order valence-corrected chi connectivity index (χ3v) is 19.2. The van der Waals surface area contributed by atoms with Crippen molar-refractivity contribution in [2.24, 2.45) is 0 Å². The van der Waals surface area contributed by atoms with Gasteiger partial charge in [0.1, 0.15) is 0 Å². The average molecular weight is 371 g/mol. The zero-order valence-corrected chi connectivity index (χ0v) is 16.0. The molecule has 0 aromatic rings. The molecule has 1 N–H and O–H groups in total. The number of unbranched alkanes of at least 4 members (excludes halogenated alkanes) is 3. The van der Waals surface area contributed by atoms with Crippen LogP contribution in [0.2, 0.25) is 13.3 Å². The van der Waals surface area contributed by atoms with E-state index in [0.717, 1.165) is 0 Å². The molecule has 0 aliphatic carbocycles. The van der Waals surface area contributed by atoms with Crippen LogP contribution in [0.25, 0.3) is 0 Å². The van der Waals surface area contributed by atoms with E-state index in [2.05, 4.69) is 54.0 Å². The Hall–Kier alpha value is -0.121. The van der Waals surface area contributed by atoms with Crippen molar-refractivity contribution in [3.63, 3.8) is 0 Å². The molecule has 0 amide bonds. The Labute approximate surface area is 124 Å². The standard InChI is InChI=1S/C4H5N2.3C4H9.Sn/c1-2-6-4-3-5-1;3*1-3-4-2;/h1-5H;3*1,3-4H2,2H3;/q-1;;;;+1. The summed E-state index contributed by atoms with van der Waals surface area (Å²) in [7, 11) is 0. The summed E-state index contributed by atoms with van der Waals surface area (Å²) in [5.74, 6) is 0. The van der Waals surface area contributed by atoms with Crippen molar-refractivity contribution in [3.05, 3.63) is 24.8 Å². The van der Waals surface area contributed by atoms with E-state index in [1.54, 1.807) is 0 Å². The second kappa shape index (κ2) is 9.73. The van der Waals surface area contributed by atoms with Crippen LogP contribution in [0.4, 0.5) is 0 Å². The van der Waals surface area contributed by atoms with Gasteiger partial charge in [0.05, 0.1) is 0 Å². The Morgan fingerprint density at radius 2 is 1.21 bits per heavy atom. The molecule has 0 saturated carbocycles. The fourth-order valence-corrected chi connectivity index (χ4v) is 18.2. The number of hydrogen-bond donors (Lipinski definition) is 1. The molecule has 0 atom stereocenters. The second-order valence-corrected chi connectivity index (χ2v) is 18.5. The molecule has 0 spiro atoms. The molecule has 0 fully saturated rings. The van der Waals surface area contributed by atoms with E-state index in [1.165, 1.54) is 51.8 Å². The molecule has 0 unspecified atom stereocenters. The first kappa shape index (κ1) is 16.9. The molecule has 110 valence electrons. The minimum absolute atomic E-state index is 1.34. The molecule has 1 aliphatic heterocycles. The van der Waals surface area contributed by atoms with Crippen LogP contribution in [0, 0.1) is 0 Å². The van der Waals surface area contributed by atoms with Gasteiger partial charge < -0.3 is 0 Å². The topological polar surface area (TPSA) is 15.3 Å². The second-order valence-electron chi connectivity index (χ2n) is 5.74. The first-order valence-corrected chi connectivity index (χ1v) is 15.5. The normalized spacial score (nSPS) is 14.8. The van der Waals surface area contributed by atoms with Crippen molar-refractivity contribution < 1.29 is 0 Å². The van der Waals surface area contributed by atoms with E-state index in [0.29, 0.717) is 0 Å². The third-order valence-electron chi connectivity index (χ3n) is 4.20. The van der Waals surface area contributed by atoms with E-state index < -0.39 is 18.7 Å². The van der Waals surface area contributed by atoms with Crippen LogP contribution in [-0.4, -0.2) is 21.8 Å². The molecule has 1 aliphatic rings. The van der Waals surface area contributed by atoms with Crippen LogP contribution < -0.4 is 5.32 Å². The summed E-state index contributed by atoms with van der Waals surface area (Å²) in [6.45, 7) is 7.00. The minimum atomic E-state index is -2.20. The predicted octanol–water partition coefficient (Wildman–Crippen LogP) is 5.18. The Balaban J connectivity index is 2.82. The van der Waals surface area contributed by atoms with Gasteiger partial charge in [-0.05, 0) is 0 Å². The third kappa shape index (κ3) is 5.41. The van der Waals surface area contributed by atoms with Crippen molar-refractivity contribution in [1.29, 1.82) is 0 Å². The van der Waals surface area contributed by atoms with Crippen molar-refractivity contribution in [2.75, 3.05) is 0 Å². The monoisotopic (exact) mass is 372 g/mol. The van der Waals surface area contributed by atoms with Gasteiger partial charge >= 0.3 is 124 Å². The molecular formula is C16H32N2Sn. The van der Waals surface area contributed by atoms with Crippen molar-refractivity contribution in [3.8, 4) is 0 Å². The molecule has 1 heterocycles. The molecule has 0 aromatic heterocycles. The van der Waals surface area contributed by atoms with Crippen molar-refractivity contribution >= 4 is 18.7 Å². The van der Waals surface area contributed by atoms with Crippen molar-refractivity contribution in [1.82, 2.24) is 8.44 Å². The Morgan fingerprint density at radius 1 is 0.789 bits per heavy atom. The molecule has 19 heavy (non-hydrogen) atoms. The van der Waals surface area contributed by atoms with Gasteiger partial charge in [0.2, 0.25) is 0 Å². The summed E-state index contributed by atoms with van der Waals surface area (Å²) < 4.78 is 7.27. The van der Waals surface area contributed by atoms with Gasteiger partial charge in [-0.3, -0.25) is 0 Å². The number of rotatable bonds is 10. The quantitative estimate of drug-likeness (QED) is 0.533. The predicted molar refractivity (Wildman–Crippen MR) is 88.2 cm³/mol. The molecule has 0 aromatic carbocycles. The van der Waals surface area contributed by atoms with E-state index in [9.17, 15) is 0 Å². The van der Waals surface area contributed by atoms with Gasteiger partial charge in [-0.2, -0.15) is 0 Å². The zero-order valence-electron chi connectivity index (χ0n) is 13.1. The van der Waals surface area contributed by atoms with Crippen LogP contribution in [-0.2, 0) is 0 Å². The number of hydrogen-bond acceptors (Lipinski definition) is 2. The van der Waals surface area contributed by atoms with Crippen LogP contribution in [0.3, 0.4) is 0 Å². The van der Waals surface area contributed by atoms with Gasteiger partial charge in [0.25, 0.3) is 0 Å². The summed E-state index contributed by atoms with van der Waals surface area (Å²) in [5.41, 5.74) is 0. The van der Waals surface area contributed by atoms with Crippen LogP contribution in [0.15, 0.2) is 24.8 Å². The molecule has 0 radical (unpaired) electrons. The SMILES string of the molecule is CCC[CH2][Sn]([CH2]CCC)([CH2]CCC)[N]1C=CNC=C1. The maximum absolute atomic E-state index is 3.19. The van der Waals surface area contributed by atoms with E-state index >= 15 is 0 Å². The van der Waals surface area contributed by atoms with Gasteiger partial charge in [-0.1, -0.05) is 0 Å². The Kier molecular flexibility index (Phi) is 8.67. The number of nitrogens with one attached hydrogen (secondary N) is 1. The van der Waals surface area contributed by atoms with Gasteiger partial charge in [-0.25, -0.2) is 0 Å². The first-order chi connectivity index (χ1) is 9.29. The van der Waals surface area contributed by atoms with E-state index in [4.69, 9.17) is 0 Å². The molecule has 0 saturated heterocycles. The number of nitrogens with zero attached hydrogens (tertiary/aromatic N) is 1.